The number of amides is 1. The molecule has 1 aromatic carbocycles. The van der Waals surface area contributed by atoms with Crippen molar-refractivity contribution < 1.29 is 9.90 Å². The third-order valence-corrected chi connectivity index (χ3v) is 5.14. The molecule has 1 aliphatic heterocycles. The van der Waals surface area contributed by atoms with E-state index in [-0.39, 0.29) is 11.8 Å². The highest BCUT2D eigenvalue weighted by Crippen LogP contribution is 2.26. The van der Waals surface area contributed by atoms with E-state index in [2.05, 4.69) is 16.1 Å². The Morgan fingerprint density at radius 2 is 2.08 bits per heavy atom. The molecule has 2 aromatic heterocycles. The van der Waals surface area contributed by atoms with Gasteiger partial charge in [0.15, 0.2) is 0 Å². The van der Waals surface area contributed by atoms with Crippen molar-refractivity contribution in [2.75, 3.05) is 13.1 Å². The number of benzene rings is 1. The molecule has 0 spiro atoms. The van der Waals surface area contributed by atoms with E-state index in [0.29, 0.717) is 18.8 Å². The number of para-hydroxylation sites is 1. The van der Waals surface area contributed by atoms with Gasteiger partial charge in [0.05, 0.1) is 17.3 Å². The van der Waals surface area contributed by atoms with Crippen LogP contribution < -0.4 is 0 Å². The van der Waals surface area contributed by atoms with Crippen molar-refractivity contribution in [3.63, 3.8) is 0 Å². The van der Waals surface area contributed by atoms with E-state index in [1.165, 1.54) is 0 Å². The molecule has 0 aliphatic carbocycles. The number of β-amino-alcohol motifs (C(OH)–C–C–N with tert-alkyl or cyclic N) is 1. The van der Waals surface area contributed by atoms with E-state index in [1.54, 1.807) is 28.9 Å². The summed E-state index contributed by atoms with van der Waals surface area (Å²) in [5.74, 6) is -0.0617. The van der Waals surface area contributed by atoms with E-state index in [4.69, 9.17) is 0 Å². The van der Waals surface area contributed by atoms with E-state index in [9.17, 15) is 9.90 Å². The molecule has 3 aromatic rings. The Balaban J connectivity index is 1.54. The molecule has 1 N–H and O–H groups in total. The number of aliphatic hydroxyl groups is 1. The average Bonchev–Trinajstić information content (AvgIpc) is 3.16. The van der Waals surface area contributed by atoms with Gasteiger partial charge in [0, 0.05) is 37.6 Å². The lowest BCUT2D eigenvalue weighted by atomic mass is 9.94. The lowest BCUT2D eigenvalue weighted by molar-refractivity contribution is 0.0754. The SMILES string of the molecule is Cc1cc(C(=O)N2C[C@@H](Cc3ccnc4ccccc34)[C@@H](O)C2)n(C)n1. The fraction of sp³-hybridized carbons (Fsp3) is 0.350. The van der Waals surface area contributed by atoms with E-state index in [1.807, 2.05) is 31.2 Å². The lowest BCUT2D eigenvalue weighted by Gasteiger charge is -2.16. The standard InChI is InChI=1S/C20H22N4O2/c1-13-9-18(23(2)22-13)20(26)24-11-15(19(25)12-24)10-14-7-8-21-17-6-4-3-5-16(14)17/h3-9,15,19,25H,10-12H2,1-2H3/t15-,19+/m1/s1. The van der Waals surface area contributed by atoms with Crippen LogP contribution in [0.2, 0.25) is 0 Å². The first-order chi connectivity index (χ1) is 12.5. The Morgan fingerprint density at radius 3 is 2.85 bits per heavy atom. The highest BCUT2D eigenvalue weighted by Gasteiger charge is 2.35. The maximum Gasteiger partial charge on any atom is 0.272 e. The predicted octanol–water partition coefficient (Wildman–Crippen LogP) is 1.95. The van der Waals surface area contributed by atoms with Crippen LogP contribution in [0.3, 0.4) is 0 Å². The van der Waals surface area contributed by atoms with Crippen LogP contribution >= 0.6 is 0 Å². The summed E-state index contributed by atoms with van der Waals surface area (Å²) < 4.78 is 1.60. The van der Waals surface area contributed by atoms with Gasteiger partial charge in [-0.2, -0.15) is 5.10 Å². The van der Waals surface area contributed by atoms with Gasteiger partial charge in [-0.25, -0.2) is 0 Å². The van der Waals surface area contributed by atoms with E-state index < -0.39 is 6.10 Å². The average molecular weight is 350 g/mol. The maximum atomic E-state index is 12.8. The van der Waals surface area contributed by atoms with Gasteiger partial charge in [0.1, 0.15) is 5.69 Å². The molecular weight excluding hydrogens is 328 g/mol. The number of pyridine rings is 1. The summed E-state index contributed by atoms with van der Waals surface area (Å²) >= 11 is 0. The van der Waals surface area contributed by atoms with Gasteiger partial charge >= 0.3 is 0 Å². The molecule has 2 atom stereocenters. The van der Waals surface area contributed by atoms with Gasteiger partial charge in [-0.15, -0.1) is 0 Å². The molecule has 6 nitrogen and oxygen atoms in total. The predicted molar refractivity (Wildman–Crippen MR) is 98.8 cm³/mol. The number of hydrogen-bond donors (Lipinski definition) is 1. The minimum atomic E-state index is -0.528. The molecule has 134 valence electrons. The van der Waals surface area contributed by atoms with Crippen molar-refractivity contribution in [3.8, 4) is 0 Å². The van der Waals surface area contributed by atoms with Crippen LogP contribution in [0, 0.1) is 12.8 Å². The Kier molecular flexibility index (Phi) is 4.20. The molecule has 0 saturated carbocycles. The third-order valence-electron chi connectivity index (χ3n) is 5.14. The molecule has 3 heterocycles. The number of aliphatic hydroxyl groups excluding tert-OH is 1. The molecule has 0 radical (unpaired) electrons. The second kappa shape index (κ2) is 6.53. The number of likely N-dealkylation sites (tertiary alicyclic amines) is 1. The monoisotopic (exact) mass is 350 g/mol. The van der Waals surface area contributed by atoms with Crippen molar-refractivity contribution in [2.45, 2.75) is 19.4 Å². The van der Waals surface area contributed by atoms with Gasteiger partial charge in [-0.05, 0) is 37.1 Å². The summed E-state index contributed by atoms with van der Waals surface area (Å²) in [7, 11) is 1.77. The number of hydrogen-bond acceptors (Lipinski definition) is 4. The number of aryl methyl sites for hydroxylation is 2. The number of carbonyl (C=O) groups excluding carboxylic acids is 1. The van der Waals surface area contributed by atoms with Crippen LogP contribution in [0.15, 0.2) is 42.6 Å². The maximum absolute atomic E-state index is 12.8. The number of fused-ring (bicyclic) bond motifs is 1. The molecule has 0 unspecified atom stereocenters. The number of aromatic nitrogens is 3. The van der Waals surface area contributed by atoms with Crippen LogP contribution in [0.1, 0.15) is 21.7 Å². The molecule has 0 bridgehead atoms. The number of carbonyl (C=O) groups is 1. The zero-order chi connectivity index (χ0) is 18.3. The molecule has 1 aliphatic rings. The van der Waals surface area contributed by atoms with Crippen molar-refractivity contribution in [3.05, 3.63) is 59.5 Å². The molecular formula is C20H22N4O2. The first kappa shape index (κ1) is 16.7. The summed E-state index contributed by atoms with van der Waals surface area (Å²) in [6.07, 6.45) is 2.00. The zero-order valence-electron chi connectivity index (χ0n) is 15.0. The summed E-state index contributed by atoms with van der Waals surface area (Å²) in [5.41, 5.74) is 3.49. The first-order valence-electron chi connectivity index (χ1n) is 8.83. The fourth-order valence-electron chi connectivity index (χ4n) is 3.81. The number of rotatable bonds is 3. The highest BCUT2D eigenvalue weighted by molar-refractivity contribution is 5.93. The Morgan fingerprint density at radius 1 is 1.27 bits per heavy atom. The normalized spacial score (nSPS) is 20.0. The number of nitrogens with zero attached hydrogens (tertiary/aromatic N) is 4. The highest BCUT2D eigenvalue weighted by atomic mass is 16.3. The lowest BCUT2D eigenvalue weighted by Crippen LogP contribution is -2.31. The summed E-state index contributed by atoms with van der Waals surface area (Å²) in [6.45, 7) is 2.77. The summed E-state index contributed by atoms with van der Waals surface area (Å²) in [6, 6.07) is 11.8. The van der Waals surface area contributed by atoms with Crippen molar-refractivity contribution in [1.82, 2.24) is 19.7 Å². The van der Waals surface area contributed by atoms with Gasteiger partial charge in [-0.3, -0.25) is 14.5 Å². The van der Waals surface area contributed by atoms with Crippen LogP contribution in [-0.4, -0.2) is 49.9 Å². The Labute approximate surface area is 152 Å². The van der Waals surface area contributed by atoms with Crippen LogP contribution in [0.5, 0.6) is 0 Å². The van der Waals surface area contributed by atoms with Crippen molar-refractivity contribution in [1.29, 1.82) is 0 Å². The fourth-order valence-corrected chi connectivity index (χ4v) is 3.81. The molecule has 1 saturated heterocycles. The van der Waals surface area contributed by atoms with Crippen molar-refractivity contribution >= 4 is 16.8 Å². The van der Waals surface area contributed by atoms with Gasteiger partial charge in [-0.1, -0.05) is 18.2 Å². The van der Waals surface area contributed by atoms with Crippen molar-refractivity contribution in [2.24, 2.45) is 13.0 Å². The summed E-state index contributed by atoms with van der Waals surface area (Å²) in [4.78, 5) is 18.9. The summed E-state index contributed by atoms with van der Waals surface area (Å²) in [5, 5.41) is 15.9. The van der Waals surface area contributed by atoms with Crippen LogP contribution in [0.25, 0.3) is 10.9 Å². The molecule has 1 amide bonds. The molecule has 1 fully saturated rings. The van der Waals surface area contributed by atoms with Gasteiger partial charge < -0.3 is 10.0 Å². The van der Waals surface area contributed by atoms with E-state index in [0.717, 1.165) is 28.6 Å². The minimum Gasteiger partial charge on any atom is -0.391 e. The third kappa shape index (κ3) is 2.97. The smallest absolute Gasteiger partial charge is 0.272 e. The largest absolute Gasteiger partial charge is 0.391 e. The molecule has 6 heteroatoms. The molecule has 26 heavy (non-hydrogen) atoms. The quantitative estimate of drug-likeness (QED) is 0.784. The zero-order valence-corrected chi connectivity index (χ0v) is 15.0. The minimum absolute atomic E-state index is 0.0130. The van der Waals surface area contributed by atoms with Crippen LogP contribution in [-0.2, 0) is 13.5 Å². The van der Waals surface area contributed by atoms with Crippen LogP contribution in [0.4, 0.5) is 0 Å². The van der Waals surface area contributed by atoms with Gasteiger partial charge in [0.25, 0.3) is 5.91 Å². The Hall–Kier alpha value is -2.73. The second-order valence-electron chi connectivity index (χ2n) is 7.02. The Bertz CT molecular complexity index is 960. The van der Waals surface area contributed by atoms with E-state index >= 15 is 0 Å². The van der Waals surface area contributed by atoms with Gasteiger partial charge in [0.2, 0.25) is 0 Å². The molecule has 4 rings (SSSR count). The first-order valence-corrected chi connectivity index (χ1v) is 8.83. The second-order valence-corrected chi connectivity index (χ2v) is 7.02. The topological polar surface area (TPSA) is 71.2 Å².